The van der Waals surface area contributed by atoms with E-state index >= 15 is 0 Å². The molecular formula is C20H22N2O4S. The second-order valence-corrected chi connectivity index (χ2v) is 6.84. The van der Waals surface area contributed by atoms with Crippen LogP contribution in [0.2, 0.25) is 0 Å². The second-order valence-electron chi connectivity index (χ2n) is 5.90. The fourth-order valence-electron chi connectivity index (χ4n) is 2.46. The van der Waals surface area contributed by atoms with Crippen molar-refractivity contribution >= 4 is 29.1 Å². The van der Waals surface area contributed by atoms with Crippen molar-refractivity contribution in [3.63, 3.8) is 0 Å². The molecule has 7 heteroatoms. The quantitative estimate of drug-likeness (QED) is 0.577. The topological polar surface area (TPSA) is 95.5 Å². The number of aliphatic carboxylic acids is 1. The lowest BCUT2D eigenvalue weighted by Gasteiger charge is -2.21. The highest BCUT2D eigenvalue weighted by Crippen LogP contribution is 2.10. The van der Waals surface area contributed by atoms with Gasteiger partial charge in [-0.1, -0.05) is 48.6 Å². The Balaban J connectivity index is 2.15. The van der Waals surface area contributed by atoms with E-state index in [-0.39, 0.29) is 18.7 Å². The van der Waals surface area contributed by atoms with E-state index in [9.17, 15) is 19.5 Å². The summed E-state index contributed by atoms with van der Waals surface area (Å²) < 4.78 is 0. The van der Waals surface area contributed by atoms with Gasteiger partial charge in [-0.05, 0) is 30.4 Å². The third-order valence-electron chi connectivity index (χ3n) is 3.87. The van der Waals surface area contributed by atoms with Gasteiger partial charge in [0.2, 0.25) is 5.91 Å². The molecule has 2 amide bonds. The Hall–Kier alpha value is -2.93. The fourth-order valence-corrected chi connectivity index (χ4v) is 3.09. The minimum absolute atomic E-state index is 0.175. The number of benzene rings is 1. The van der Waals surface area contributed by atoms with Crippen molar-refractivity contribution in [2.45, 2.75) is 31.8 Å². The Morgan fingerprint density at radius 3 is 2.41 bits per heavy atom. The van der Waals surface area contributed by atoms with Crippen molar-refractivity contribution in [2.75, 3.05) is 0 Å². The van der Waals surface area contributed by atoms with E-state index in [0.29, 0.717) is 4.88 Å². The van der Waals surface area contributed by atoms with Crippen molar-refractivity contribution in [3.8, 4) is 0 Å². The molecule has 2 unspecified atom stereocenters. The van der Waals surface area contributed by atoms with Gasteiger partial charge < -0.3 is 15.7 Å². The van der Waals surface area contributed by atoms with Crippen LogP contribution in [0.15, 0.2) is 60.0 Å². The van der Waals surface area contributed by atoms with E-state index < -0.39 is 24.0 Å². The van der Waals surface area contributed by atoms with E-state index in [1.165, 1.54) is 11.3 Å². The molecule has 2 rings (SSSR count). The molecular weight excluding hydrogens is 364 g/mol. The SMILES string of the molecule is C/C=C/CC(NC(=O)C(Cc1ccccc1)NC(=O)c1cccs1)C(=O)O. The molecule has 1 aromatic heterocycles. The van der Waals surface area contributed by atoms with Crippen LogP contribution in [-0.4, -0.2) is 35.0 Å². The molecule has 1 aromatic carbocycles. The summed E-state index contributed by atoms with van der Waals surface area (Å²) >= 11 is 1.27. The van der Waals surface area contributed by atoms with Crippen LogP contribution in [0.3, 0.4) is 0 Å². The normalized spacial score (nSPS) is 13.1. The van der Waals surface area contributed by atoms with Crippen LogP contribution in [0.25, 0.3) is 0 Å². The zero-order valence-electron chi connectivity index (χ0n) is 14.9. The molecule has 0 bridgehead atoms. The van der Waals surface area contributed by atoms with Crippen molar-refractivity contribution in [1.29, 1.82) is 0 Å². The van der Waals surface area contributed by atoms with Gasteiger partial charge in [-0.15, -0.1) is 11.3 Å². The first-order chi connectivity index (χ1) is 13.0. The predicted octanol–water partition coefficient (Wildman–Crippen LogP) is 2.62. The summed E-state index contributed by atoms with van der Waals surface area (Å²) in [5, 5.41) is 16.3. The van der Waals surface area contributed by atoms with Crippen molar-refractivity contribution < 1.29 is 19.5 Å². The number of carbonyl (C=O) groups excluding carboxylic acids is 2. The molecule has 2 aromatic rings. The molecule has 0 saturated heterocycles. The van der Waals surface area contributed by atoms with Crippen LogP contribution in [-0.2, 0) is 16.0 Å². The third kappa shape index (κ3) is 6.38. The minimum atomic E-state index is -1.12. The lowest BCUT2D eigenvalue weighted by atomic mass is 10.0. The molecule has 0 radical (unpaired) electrons. The molecule has 2 atom stereocenters. The van der Waals surface area contributed by atoms with Crippen molar-refractivity contribution in [2.24, 2.45) is 0 Å². The zero-order chi connectivity index (χ0) is 19.6. The first-order valence-electron chi connectivity index (χ1n) is 8.54. The first kappa shape index (κ1) is 20.4. The maximum atomic E-state index is 12.7. The molecule has 0 spiro atoms. The molecule has 142 valence electrons. The highest BCUT2D eigenvalue weighted by atomic mass is 32.1. The van der Waals surface area contributed by atoms with Gasteiger partial charge in [0.25, 0.3) is 5.91 Å². The molecule has 1 heterocycles. The maximum absolute atomic E-state index is 12.7. The Bertz CT molecular complexity index is 788. The molecule has 0 fully saturated rings. The minimum Gasteiger partial charge on any atom is -0.480 e. The van der Waals surface area contributed by atoms with Crippen LogP contribution in [0, 0.1) is 0 Å². The summed E-state index contributed by atoms with van der Waals surface area (Å²) in [7, 11) is 0. The summed E-state index contributed by atoms with van der Waals surface area (Å²) in [6.45, 7) is 1.78. The Morgan fingerprint density at radius 1 is 1.07 bits per heavy atom. The third-order valence-corrected chi connectivity index (χ3v) is 4.74. The highest BCUT2D eigenvalue weighted by Gasteiger charge is 2.26. The summed E-state index contributed by atoms with van der Waals surface area (Å²) in [6.07, 6.45) is 3.84. The number of rotatable bonds is 9. The van der Waals surface area contributed by atoms with Gasteiger partial charge >= 0.3 is 5.97 Å². The maximum Gasteiger partial charge on any atom is 0.326 e. The number of nitrogens with one attached hydrogen (secondary N) is 2. The summed E-state index contributed by atoms with van der Waals surface area (Å²) in [5.74, 6) is -2.01. The van der Waals surface area contributed by atoms with E-state index in [0.717, 1.165) is 5.56 Å². The van der Waals surface area contributed by atoms with E-state index in [1.54, 1.807) is 36.6 Å². The van der Waals surface area contributed by atoms with Crippen LogP contribution < -0.4 is 10.6 Å². The Morgan fingerprint density at radius 2 is 1.81 bits per heavy atom. The molecule has 3 N–H and O–H groups in total. The molecule has 27 heavy (non-hydrogen) atoms. The monoisotopic (exact) mass is 386 g/mol. The molecule has 6 nitrogen and oxygen atoms in total. The van der Waals surface area contributed by atoms with Gasteiger partial charge in [0, 0.05) is 6.42 Å². The lowest BCUT2D eigenvalue weighted by Crippen LogP contribution is -2.52. The van der Waals surface area contributed by atoms with Gasteiger partial charge in [-0.2, -0.15) is 0 Å². The number of carboxylic acid groups (broad SMARTS) is 1. The standard InChI is InChI=1S/C20H22N2O4S/c1-2-3-10-15(20(25)26)21-18(23)16(13-14-8-5-4-6-9-14)22-19(24)17-11-7-12-27-17/h2-9,11-12,15-16H,10,13H2,1H3,(H,21,23)(H,22,24)(H,25,26)/b3-2+. The fraction of sp³-hybridized carbons (Fsp3) is 0.250. The number of allylic oxidation sites excluding steroid dienone is 1. The second kappa shape index (κ2) is 10.3. The van der Waals surface area contributed by atoms with E-state index in [1.807, 2.05) is 30.3 Å². The van der Waals surface area contributed by atoms with Crippen LogP contribution in [0.1, 0.15) is 28.6 Å². The number of carboxylic acids is 1. The van der Waals surface area contributed by atoms with Crippen molar-refractivity contribution in [3.05, 3.63) is 70.4 Å². The molecule has 0 aliphatic heterocycles. The van der Waals surface area contributed by atoms with E-state index in [4.69, 9.17) is 0 Å². The molecule has 0 saturated carbocycles. The Labute approximate surface area is 161 Å². The van der Waals surface area contributed by atoms with Gasteiger partial charge in [-0.3, -0.25) is 9.59 Å². The molecule has 0 aliphatic carbocycles. The van der Waals surface area contributed by atoms with Crippen molar-refractivity contribution in [1.82, 2.24) is 10.6 Å². The summed E-state index contributed by atoms with van der Waals surface area (Å²) in [6, 6.07) is 10.8. The smallest absolute Gasteiger partial charge is 0.326 e. The van der Waals surface area contributed by atoms with Crippen LogP contribution >= 0.6 is 11.3 Å². The highest BCUT2D eigenvalue weighted by molar-refractivity contribution is 7.12. The number of amides is 2. The lowest BCUT2D eigenvalue weighted by molar-refractivity contribution is -0.142. The van der Waals surface area contributed by atoms with Crippen LogP contribution in [0.4, 0.5) is 0 Å². The average Bonchev–Trinajstić information content (AvgIpc) is 3.20. The zero-order valence-corrected chi connectivity index (χ0v) is 15.7. The number of carbonyl (C=O) groups is 3. The van der Waals surface area contributed by atoms with E-state index in [2.05, 4.69) is 10.6 Å². The van der Waals surface area contributed by atoms with Crippen LogP contribution in [0.5, 0.6) is 0 Å². The van der Waals surface area contributed by atoms with Gasteiger partial charge in [0.05, 0.1) is 4.88 Å². The Kier molecular flexibility index (Phi) is 7.76. The van der Waals surface area contributed by atoms with Gasteiger partial charge in [0.15, 0.2) is 0 Å². The average molecular weight is 386 g/mol. The molecule has 0 aliphatic rings. The summed E-state index contributed by atoms with van der Waals surface area (Å²) in [4.78, 5) is 37.0. The first-order valence-corrected chi connectivity index (χ1v) is 9.42. The number of thiophene rings is 1. The van der Waals surface area contributed by atoms with Gasteiger partial charge in [-0.25, -0.2) is 4.79 Å². The number of hydrogen-bond donors (Lipinski definition) is 3. The summed E-state index contributed by atoms with van der Waals surface area (Å²) in [5.41, 5.74) is 0.865. The predicted molar refractivity (Wildman–Crippen MR) is 105 cm³/mol. The number of hydrogen-bond acceptors (Lipinski definition) is 4. The largest absolute Gasteiger partial charge is 0.480 e. The van der Waals surface area contributed by atoms with Gasteiger partial charge in [0.1, 0.15) is 12.1 Å².